The summed E-state index contributed by atoms with van der Waals surface area (Å²) in [6, 6.07) is 22.7. The van der Waals surface area contributed by atoms with Crippen LogP contribution in [0.5, 0.6) is 0 Å². The summed E-state index contributed by atoms with van der Waals surface area (Å²) in [5.74, 6) is 0.297. The second-order valence-electron chi connectivity index (χ2n) is 8.27. The molecule has 2 heterocycles. The minimum Gasteiger partial charge on any atom is -0.341 e. The third kappa shape index (κ3) is 4.57. The lowest BCUT2D eigenvalue weighted by Gasteiger charge is -2.37. The average molecular weight is 463 g/mol. The van der Waals surface area contributed by atoms with Crippen LogP contribution in [-0.2, 0) is 17.4 Å². The smallest absolute Gasteiger partial charge is 0.341 e. The number of amides is 1. The Morgan fingerprint density at radius 1 is 0.912 bits per heavy atom. The molecule has 3 aromatic carbocycles. The predicted molar refractivity (Wildman–Crippen MR) is 120 cm³/mol. The quantitative estimate of drug-likeness (QED) is 0.387. The van der Waals surface area contributed by atoms with Gasteiger partial charge in [0, 0.05) is 18.7 Å². The van der Waals surface area contributed by atoms with E-state index in [-0.39, 0.29) is 23.2 Å². The third-order valence-corrected chi connectivity index (χ3v) is 5.89. The van der Waals surface area contributed by atoms with Crippen molar-refractivity contribution in [2.75, 3.05) is 13.1 Å². The molecule has 1 aromatic heterocycles. The van der Waals surface area contributed by atoms with Gasteiger partial charge in [0.2, 0.25) is 17.6 Å². The Morgan fingerprint density at radius 3 is 2.29 bits per heavy atom. The van der Waals surface area contributed by atoms with Crippen molar-refractivity contribution in [1.29, 1.82) is 0 Å². The first-order chi connectivity index (χ1) is 16.4. The highest BCUT2D eigenvalue weighted by Crippen LogP contribution is 2.33. The highest BCUT2D eigenvalue weighted by atomic mass is 19.4. The molecule has 1 aliphatic rings. The Balaban J connectivity index is 1.18. The maximum absolute atomic E-state index is 13.0. The Hall–Kier alpha value is -3.94. The predicted octanol–water partition coefficient (Wildman–Crippen LogP) is 5.59. The molecule has 1 saturated heterocycles. The summed E-state index contributed by atoms with van der Waals surface area (Å²) in [6.45, 7) is 0.871. The van der Waals surface area contributed by atoms with E-state index in [4.69, 9.17) is 4.52 Å². The summed E-state index contributed by atoms with van der Waals surface area (Å²) < 4.78 is 44.1. The first-order valence-corrected chi connectivity index (χ1v) is 10.8. The molecule has 1 aliphatic heterocycles. The van der Waals surface area contributed by atoms with E-state index in [1.165, 1.54) is 12.1 Å². The first kappa shape index (κ1) is 21.9. The van der Waals surface area contributed by atoms with E-state index in [1.807, 2.05) is 54.6 Å². The highest BCUT2D eigenvalue weighted by molar-refractivity contribution is 5.80. The van der Waals surface area contributed by atoms with Crippen molar-refractivity contribution in [1.82, 2.24) is 15.0 Å². The number of benzene rings is 3. The average Bonchev–Trinajstić information content (AvgIpc) is 3.28. The SMILES string of the molecule is O=C(Cc1ccc(-c2ccccc2)cc1)N1CC(c2nc(-c3cccc(C(F)(F)F)c3)no2)C1. The van der Waals surface area contributed by atoms with Crippen molar-refractivity contribution in [2.24, 2.45) is 0 Å². The molecule has 0 aliphatic carbocycles. The van der Waals surface area contributed by atoms with Gasteiger partial charge in [-0.15, -0.1) is 0 Å². The molecule has 0 N–H and O–H groups in total. The molecule has 0 spiro atoms. The maximum Gasteiger partial charge on any atom is 0.416 e. The van der Waals surface area contributed by atoms with Crippen LogP contribution in [0.4, 0.5) is 13.2 Å². The van der Waals surface area contributed by atoms with Gasteiger partial charge in [-0.3, -0.25) is 4.79 Å². The highest BCUT2D eigenvalue weighted by Gasteiger charge is 2.36. The number of alkyl halides is 3. The molecule has 5 nitrogen and oxygen atoms in total. The van der Waals surface area contributed by atoms with E-state index in [2.05, 4.69) is 10.1 Å². The number of hydrogen-bond acceptors (Lipinski definition) is 4. The van der Waals surface area contributed by atoms with E-state index in [9.17, 15) is 18.0 Å². The molecule has 0 bridgehead atoms. The summed E-state index contributed by atoms with van der Waals surface area (Å²) in [6.07, 6.45) is -4.15. The maximum atomic E-state index is 13.0. The van der Waals surface area contributed by atoms with Crippen molar-refractivity contribution < 1.29 is 22.5 Å². The molecular weight excluding hydrogens is 443 g/mol. The normalized spacial score (nSPS) is 14.1. The molecule has 0 radical (unpaired) electrons. The molecule has 4 aromatic rings. The zero-order valence-corrected chi connectivity index (χ0v) is 18.0. The zero-order valence-electron chi connectivity index (χ0n) is 18.0. The van der Waals surface area contributed by atoms with Crippen LogP contribution in [-0.4, -0.2) is 34.0 Å². The molecule has 34 heavy (non-hydrogen) atoms. The molecule has 8 heteroatoms. The van der Waals surface area contributed by atoms with E-state index >= 15 is 0 Å². The number of nitrogens with zero attached hydrogens (tertiary/aromatic N) is 3. The molecule has 0 unspecified atom stereocenters. The zero-order chi connectivity index (χ0) is 23.7. The van der Waals surface area contributed by atoms with Gasteiger partial charge in [0.05, 0.1) is 17.9 Å². The van der Waals surface area contributed by atoms with Gasteiger partial charge in [0.1, 0.15) is 0 Å². The molecular formula is C26H20F3N3O2. The van der Waals surface area contributed by atoms with Gasteiger partial charge in [0.15, 0.2) is 0 Å². The largest absolute Gasteiger partial charge is 0.416 e. The molecule has 1 fully saturated rings. The molecule has 0 saturated carbocycles. The van der Waals surface area contributed by atoms with E-state index in [0.29, 0.717) is 25.4 Å². The standard InChI is InChI=1S/C26H20F3N3O2/c27-26(28,29)22-8-4-7-20(14-22)24-30-25(34-31-24)21-15-32(16-21)23(33)13-17-9-11-19(12-10-17)18-5-2-1-3-6-18/h1-12,14,21H,13,15-16H2. The van der Waals surface area contributed by atoms with Gasteiger partial charge in [-0.1, -0.05) is 71.9 Å². The summed E-state index contributed by atoms with van der Waals surface area (Å²) in [4.78, 5) is 18.6. The van der Waals surface area contributed by atoms with Crippen molar-refractivity contribution in [3.63, 3.8) is 0 Å². The second kappa shape index (κ2) is 8.78. The van der Waals surface area contributed by atoms with Crippen LogP contribution in [0.3, 0.4) is 0 Å². The summed E-state index contributed by atoms with van der Waals surface area (Å²) in [7, 11) is 0. The summed E-state index contributed by atoms with van der Waals surface area (Å²) in [5.41, 5.74) is 2.60. The fourth-order valence-electron chi connectivity index (χ4n) is 3.92. The van der Waals surface area contributed by atoms with E-state index in [0.717, 1.165) is 28.8 Å². The first-order valence-electron chi connectivity index (χ1n) is 10.8. The molecule has 0 atom stereocenters. The Kier molecular flexibility index (Phi) is 5.65. The Morgan fingerprint density at radius 2 is 1.59 bits per heavy atom. The van der Waals surface area contributed by atoms with Crippen LogP contribution >= 0.6 is 0 Å². The van der Waals surface area contributed by atoms with Gasteiger partial charge in [0.25, 0.3) is 0 Å². The van der Waals surface area contributed by atoms with Gasteiger partial charge < -0.3 is 9.42 Å². The lowest BCUT2D eigenvalue weighted by Crippen LogP contribution is -2.49. The Labute approximate surface area is 193 Å². The van der Waals surface area contributed by atoms with Crippen molar-refractivity contribution in [2.45, 2.75) is 18.5 Å². The second-order valence-corrected chi connectivity index (χ2v) is 8.27. The number of hydrogen-bond donors (Lipinski definition) is 0. The fourth-order valence-corrected chi connectivity index (χ4v) is 3.92. The molecule has 1 amide bonds. The van der Waals surface area contributed by atoms with Gasteiger partial charge in [-0.05, 0) is 28.8 Å². The summed E-state index contributed by atoms with van der Waals surface area (Å²) >= 11 is 0. The number of halogens is 3. The van der Waals surface area contributed by atoms with Crippen LogP contribution in [0.1, 0.15) is 22.9 Å². The number of rotatable bonds is 5. The number of carbonyl (C=O) groups excluding carboxylic acids is 1. The van der Waals surface area contributed by atoms with Crippen LogP contribution in [0.25, 0.3) is 22.5 Å². The van der Waals surface area contributed by atoms with E-state index in [1.54, 1.807) is 4.90 Å². The number of aromatic nitrogens is 2. The molecule has 172 valence electrons. The minimum atomic E-state index is -4.45. The lowest BCUT2D eigenvalue weighted by atomic mass is 9.98. The van der Waals surface area contributed by atoms with Crippen molar-refractivity contribution >= 4 is 5.91 Å². The lowest BCUT2D eigenvalue weighted by molar-refractivity contribution is -0.137. The topological polar surface area (TPSA) is 59.2 Å². The van der Waals surface area contributed by atoms with Gasteiger partial charge in [-0.25, -0.2) is 0 Å². The van der Waals surface area contributed by atoms with Crippen molar-refractivity contribution in [3.8, 4) is 22.5 Å². The van der Waals surface area contributed by atoms with Gasteiger partial charge >= 0.3 is 6.18 Å². The molecule has 5 rings (SSSR count). The van der Waals surface area contributed by atoms with Crippen LogP contribution in [0.2, 0.25) is 0 Å². The fraction of sp³-hybridized carbons (Fsp3) is 0.192. The minimum absolute atomic E-state index is 0.00123. The monoisotopic (exact) mass is 463 g/mol. The number of carbonyl (C=O) groups is 1. The summed E-state index contributed by atoms with van der Waals surface area (Å²) in [5, 5.41) is 3.83. The number of likely N-dealkylation sites (tertiary alicyclic amines) is 1. The van der Waals surface area contributed by atoms with Crippen molar-refractivity contribution in [3.05, 3.63) is 95.9 Å². The van der Waals surface area contributed by atoms with Gasteiger partial charge in [-0.2, -0.15) is 18.2 Å². The van der Waals surface area contributed by atoms with Crippen LogP contribution in [0.15, 0.2) is 83.4 Å². The van der Waals surface area contributed by atoms with Crippen LogP contribution in [0, 0.1) is 0 Å². The Bertz CT molecular complexity index is 1290. The third-order valence-electron chi connectivity index (χ3n) is 5.89. The van der Waals surface area contributed by atoms with Crippen LogP contribution < -0.4 is 0 Å². The van der Waals surface area contributed by atoms with E-state index < -0.39 is 11.7 Å².